The van der Waals surface area contributed by atoms with Crippen LogP contribution < -0.4 is 0 Å². The van der Waals surface area contributed by atoms with Gasteiger partial charge in [0.15, 0.2) is 0 Å². The maximum Gasteiger partial charge on any atom is 0.0558 e. The maximum absolute atomic E-state index is 8.20. The summed E-state index contributed by atoms with van der Waals surface area (Å²) in [6, 6.07) is 0. The highest BCUT2D eigenvalue weighted by atomic mass is 35.5. The number of unbranched alkanes of at least 4 members (excludes halogenated alkanes) is 19. The Morgan fingerprint density at radius 1 is 0.517 bits per heavy atom. The van der Waals surface area contributed by atoms with Gasteiger partial charge in [-0.2, -0.15) is 0 Å². The molecule has 0 unspecified atom stereocenters. The molecular weight excluding hydrogens is 378 g/mol. The molecule has 0 aliphatic carbocycles. The lowest BCUT2D eigenvalue weighted by Gasteiger charge is -2.03. The zero-order valence-corrected chi connectivity index (χ0v) is 21.3. The third kappa shape index (κ3) is 36.0. The standard InChI is InChI=1S/C22H45Cl.C4H11NO/c1-2-3-4-5-6-7-8-9-10-11-12-13-14-15-16-17-18-19-20-21-22-23;1-5(2)3-4-6/h2-22H2,1H3;6H,3-4H2,1-2H3. The summed E-state index contributed by atoms with van der Waals surface area (Å²) < 4.78 is 0. The van der Waals surface area contributed by atoms with Gasteiger partial charge in [0.25, 0.3) is 0 Å². The third-order valence-electron chi connectivity index (χ3n) is 5.53. The van der Waals surface area contributed by atoms with Gasteiger partial charge < -0.3 is 10.0 Å². The van der Waals surface area contributed by atoms with E-state index in [1.165, 1.54) is 128 Å². The smallest absolute Gasteiger partial charge is 0.0558 e. The van der Waals surface area contributed by atoms with Crippen molar-refractivity contribution in [2.24, 2.45) is 0 Å². The van der Waals surface area contributed by atoms with Gasteiger partial charge in [0, 0.05) is 12.4 Å². The molecule has 0 aliphatic heterocycles. The van der Waals surface area contributed by atoms with Crippen LogP contribution in [0.4, 0.5) is 0 Å². The van der Waals surface area contributed by atoms with Crippen LogP contribution >= 0.6 is 11.6 Å². The molecular formula is C26H56ClNO. The second-order valence-corrected chi connectivity index (χ2v) is 9.31. The van der Waals surface area contributed by atoms with E-state index >= 15 is 0 Å². The van der Waals surface area contributed by atoms with Gasteiger partial charge in [0.2, 0.25) is 0 Å². The zero-order chi connectivity index (χ0) is 21.8. The Kier molecular flexibility index (Phi) is 32.9. The molecule has 0 saturated carbocycles. The molecule has 0 aromatic heterocycles. The van der Waals surface area contributed by atoms with Gasteiger partial charge in [-0.3, -0.25) is 0 Å². The Hall–Kier alpha value is 0.210. The topological polar surface area (TPSA) is 23.5 Å². The summed E-state index contributed by atoms with van der Waals surface area (Å²) in [6.07, 6.45) is 28.8. The summed E-state index contributed by atoms with van der Waals surface area (Å²) in [5.41, 5.74) is 0. The van der Waals surface area contributed by atoms with Crippen molar-refractivity contribution in [2.75, 3.05) is 33.1 Å². The van der Waals surface area contributed by atoms with E-state index in [-0.39, 0.29) is 6.61 Å². The van der Waals surface area contributed by atoms with E-state index in [0.29, 0.717) is 0 Å². The van der Waals surface area contributed by atoms with E-state index in [1.807, 2.05) is 19.0 Å². The lowest BCUT2D eigenvalue weighted by Crippen LogP contribution is -2.15. The minimum absolute atomic E-state index is 0.257. The van der Waals surface area contributed by atoms with Gasteiger partial charge >= 0.3 is 0 Å². The Morgan fingerprint density at radius 3 is 0.966 bits per heavy atom. The van der Waals surface area contributed by atoms with Crippen molar-refractivity contribution in [3.05, 3.63) is 0 Å². The lowest BCUT2D eigenvalue weighted by molar-refractivity contribution is 0.243. The molecule has 3 heteroatoms. The number of alkyl halides is 1. The van der Waals surface area contributed by atoms with Gasteiger partial charge in [-0.05, 0) is 20.5 Å². The van der Waals surface area contributed by atoms with Crippen molar-refractivity contribution in [1.82, 2.24) is 4.90 Å². The average Bonchev–Trinajstić information content (AvgIpc) is 2.70. The van der Waals surface area contributed by atoms with E-state index < -0.39 is 0 Å². The Balaban J connectivity index is 0. The molecule has 0 radical (unpaired) electrons. The average molecular weight is 434 g/mol. The van der Waals surface area contributed by atoms with E-state index in [1.54, 1.807) is 0 Å². The maximum atomic E-state index is 8.20. The molecule has 0 rings (SSSR count). The fraction of sp³-hybridized carbons (Fsp3) is 1.00. The van der Waals surface area contributed by atoms with Crippen LogP contribution in [0.1, 0.15) is 135 Å². The molecule has 0 bridgehead atoms. The first-order valence-corrected chi connectivity index (χ1v) is 13.5. The number of aliphatic hydroxyl groups is 1. The number of aliphatic hydroxyl groups excluding tert-OH is 1. The quantitative estimate of drug-likeness (QED) is 0.136. The molecule has 0 spiro atoms. The van der Waals surface area contributed by atoms with Crippen LogP contribution in [0.15, 0.2) is 0 Å². The number of hydrogen-bond donors (Lipinski definition) is 1. The van der Waals surface area contributed by atoms with Crippen molar-refractivity contribution in [1.29, 1.82) is 0 Å². The largest absolute Gasteiger partial charge is 0.395 e. The van der Waals surface area contributed by atoms with Crippen LogP contribution in [0.2, 0.25) is 0 Å². The minimum atomic E-state index is 0.257. The fourth-order valence-electron chi connectivity index (χ4n) is 3.55. The highest BCUT2D eigenvalue weighted by Crippen LogP contribution is 2.14. The van der Waals surface area contributed by atoms with Crippen LogP contribution in [-0.4, -0.2) is 43.1 Å². The Morgan fingerprint density at radius 2 is 0.793 bits per heavy atom. The Labute approximate surface area is 190 Å². The van der Waals surface area contributed by atoms with Crippen molar-refractivity contribution in [3.63, 3.8) is 0 Å². The summed E-state index contributed by atoms with van der Waals surface area (Å²) in [4.78, 5) is 1.93. The molecule has 178 valence electrons. The predicted octanol–water partition coefficient (Wildman–Crippen LogP) is 8.59. The first-order valence-electron chi connectivity index (χ1n) is 13.0. The lowest BCUT2D eigenvalue weighted by atomic mass is 10.0. The van der Waals surface area contributed by atoms with Gasteiger partial charge in [0.05, 0.1) is 6.61 Å². The molecule has 0 atom stereocenters. The SMILES string of the molecule is CCCCCCCCCCCCCCCCCCCCCCCl.CN(C)CCO. The van der Waals surface area contributed by atoms with Crippen LogP contribution in [0.25, 0.3) is 0 Å². The molecule has 1 N–H and O–H groups in total. The Bertz CT molecular complexity index is 241. The number of halogens is 1. The monoisotopic (exact) mass is 433 g/mol. The second kappa shape index (κ2) is 30.4. The molecule has 0 amide bonds. The molecule has 0 saturated heterocycles. The zero-order valence-electron chi connectivity index (χ0n) is 20.5. The van der Waals surface area contributed by atoms with E-state index in [2.05, 4.69) is 6.92 Å². The minimum Gasteiger partial charge on any atom is -0.395 e. The summed E-state index contributed by atoms with van der Waals surface area (Å²) in [6.45, 7) is 3.32. The van der Waals surface area contributed by atoms with Crippen molar-refractivity contribution >= 4 is 11.6 Å². The van der Waals surface area contributed by atoms with Crippen molar-refractivity contribution in [3.8, 4) is 0 Å². The number of nitrogens with zero attached hydrogens (tertiary/aromatic N) is 1. The highest BCUT2D eigenvalue weighted by molar-refractivity contribution is 6.17. The fourth-order valence-corrected chi connectivity index (χ4v) is 3.74. The molecule has 0 fully saturated rings. The van der Waals surface area contributed by atoms with Gasteiger partial charge in [-0.15, -0.1) is 11.6 Å². The molecule has 29 heavy (non-hydrogen) atoms. The van der Waals surface area contributed by atoms with Crippen LogP contribution in [0.3, 0.4) is 0 Å². The second-order valence-electron chi connectivity index (χ2n) is 8.93. The summed E-state index contributed by atoms with van der Waals surface area (Å²) in [5, 5.41) is 8.20. The van der Waals surface area contributed by atoms with Crippen molar-refractivity contribution in [2.45, 2.75) is 135 Å². The third-order valence-corrected chi connectivity index (χ3v) is 5.80. The number of hydrogen-bond acceptors (Lipinski definition) is 2. The van der Waals surface area contributed by atoms with Crippen LogP contribution in [0, 0.1) is 0 Å². The first kappa shape index (κ1) is 31.4. The molecule has 0 heterocycles. The summed E-state index contributed by atoms with van der Waals surface area (Å²) in [5.74, 6) is 0.846. The highest BCUT2D eigenvalue weighted by Gasteiger charge is 1.95. The van der Waals surface area contributed by atoms with Crippen LogP contribution in [-0.2, 0) is 0 Å². The van der Waals surface area contributed by atoms with Gasteiger partial charge in [-0.25, -0.2) is 0 Å². The van der Waals surface area contributed by atoms with Gasteiger partial charge in [0.1, 0.15) is 0 Å². The van der Waals surface area contributed by atoms with E-state index in [4.69, 9.17) is 16.7 Å². The normalized spacial score (nSPS) is 11.0. The molecule has 0 aliphatic rings. The summed E-state index contributed by atoms with van der Waals surface area (Å²) >= 11 is 5.68. The van der Waals surface area contributed by atoms with Crippen molar-refractivity contribution < 1.29 is 5.11 Å². The molecule has 2 nitrogen and oxygen atoms in total. The van der Waals surface area contributed by atoms with Crippen LogP contribution in [0.5, 0.6) is 0 Å². The number of rotatable bonds is 22. The molecule has 0 aromatic carbocycles. The molecule has 0 aromatic rings. The van der Waals surface area contributed by atoms with E-state index in [0.717, 1.165) is 12.4 Å². The van der Waals surface area contributed by atoms with Gasteiger partial charge in [-0.1, -0.05) is 129 Å². The predicted molar refractivity (Wildman–Crippen MR) is 134 cm³/mol. The first-order chi connectivity index (χ1) is 14.2. The summed E-state index contributed by atoms with van der Waals surface area (Å²) in [7, 11) is 3.85. The van der Waals surface area contributed by atoms with E-state index in [9.17, 15) is 0 Å². The number of likely N-dealkylation sites (N-methyl/N-ethyl adjacent to an activating group) is 1.